The van der Waals surface area contributed by atoms with E-state index >= 15 is 0 Å². The number of aromatic hydroxyl groups is 2. The molecule has 2 aromatic rings. The van der Waals surface area contributed by atoms with Gasteiger partial charge in [-0.15, -0.1) is 0 Å². The fourth-order valence-corrected chi connectivity index (χ4v) is 1.80. The minimum Gasteiger partial charge on any atom is -0.504 e. The molecule has 0 aliphatic heterocycles. The third-order valence-corrected chi connectivity index (χ3v) is 2.96. The van der Waals surface area contributed by atoms with Crippen LogP contribution in [0.4, 0.5) is 5.69 Å². The Balaban J connectivity index is 2.23. The molecule has 0 saturated carbocycles. The molecule has 0 fully saturated rings. The number of benzene rings is 2. The molecule has 21 heavy (non-hydrogen) atoms. The van der Waals surface area contributed by atoms with Gasteiger partial charge >= 0.3 is 5.97 Å². The van der Waals surface area contributed by atoms with E-state index in [1.54, 1.807) is 6.92 Å². The van der Waals surface area contributed by atoms with Crippen LogP contribution in [0.25, 0.3) is 0 Å². The number of phenols is 2. The van der Waals surface area contributed by atoms with Gasteiger partial charge in [0, 0.05) is 11.3 Å². The lowest BCUT2D eigenvalue weighted by Crippen LogP contribution is -2.13. The molecule has 4 N–H and O–H groups in total. The Morgan fingerprint density at radius 1 is 0.952 bits per heavy atom. The minimum atomic E-state index is -1.04. The Bertz CT molecular complexity index is 724. The molecule has 0 aliphatic rings. The first-order valence-corrected chi connectivity index (χ1v) is 6.06. The van der Waals surface area contributed by atoms with Crippen LogP contribution in [0.1, 0.15) is 26.3 Å². The van der Waals surface area contributed by atoms with E-state index in [1.807, 2.05) is 0 Å². The summed E-state index contributed by atoms with van der Waals surface area (Å²) in [4.78, 5) is 22.9. The number of carbonyl (C=O) groups excluding carboxylic acids is 1. The highest BCUT2D eigenvalue weighted by atomic mass is 16.4. The topological polar surface area (TPSA) is 107 Å². The van der Waals surface area contributed by atoms with E-state index in [0.717, 1.165) is 6.07 Å². The van der Waals surface area contributed by atoms with Crippen molar-refractivity contribution in [3.05, 3.63) is 53.1 Å². The van der Waals surface area contributed by atoms with E-state index in [-0.39, 0.29) is 22.6 Å². The van der Waals surface area contributed by atoms with Gasteiger partial charge in [0.1, 0.15) is 0 Å². The van der Waals surface area contributed by atoms with Crippen molar-refractivity contribution in [2.45, 2.75) is 6.92 Å². The number of anilines is 1. The maximum absolute atomic E-state index is 12.0. The maximum Gasteiger partial charge on any atom is 0.335 e. The number of carboxylic acids is 1. The normalized spacial score (nSPS) is 10.1. The van der Waals surface area contributed by atoms with Crippen molar-refractivity contribution >= 4 is 17.6 Å². The Labute approximate surface area is 120 Å². The summed E-state index contributed by atoms with van der Waals surface area (Å²) in [5.74, 6) is -2.22. The molecular weight excluding hydrogens is 274 g/mol. The molecule has 2 aromatic carbocycles. The lowest BCUT2D eigenvalue weighted by atomic mass is 10.1. The van der Waals surface area contributed by atoms with E-state index in [1.165, 1.54) is 30.3 Å². The van der Waals surface area contributed by atoms with Crippen molar-refractivity contribution in [1.82, 2.24) is 0 Å². The summed E-state index contributed by atoms with van der Waals surface area (Å²) in [5, 5.41) is 30.1. The molecule has 0 heterocycles. The van der Waals surface area contributed by atoms with Gasteiger partial charge in [-0.3, -0.25) is 4.79 Å². The van der Waals surface area contributed by atoms with Crippen LogP contribution in [-0.2, 0) is 0 Å². The van der Waals surface area contributed by atoms with Crippen LogP contribution in [0.5, 0.6) is 11.5 Å². The van der Waals surface area contributed by atoms with Crippen LogP contribution in [-0.4, -0.2) is 27.2 Å². The average molecular weight is 287 g/mol. The van der Waals surface area contributed by atoms with Gasteiger partial charge in [-0.1, -0.05) is 0 Å². The first-order chi connectivity index (χ1) is 9.88. The van der Waals surface area contributed by atoms with Gasteiger partial charge in [-0.2, -0.15) is 0 Å². The maximum atomic E-state index is 12.0. The smallest absolute Gasteiger partial charge is 0.335 e. The van der Waals surface area contributed by atoms with Crippen molar-refractivity contribution in [3.63, 3.8) is 0 Å². The zero-order chi connectivity index (χ0) is 15.6. The van der Waals surface area contributed by atoms with Crippen LogP contribution in [0.15, 0.2) is 36.4 Å². The zero-order valence-corrected chi connectivity index (χ0v) is 11.1. The van der Waals surface area contributed by atoms with Gasteiger partial charge in [0.15, 0.2) is 11.5 Å². The molecule has 0 unspecified atom stereocenters. The van der Waals surface area contributed by atoms with E-state index in [4.69, 9.17) is 5.11 Å². The number of carbonyl (C=O) groups is 2. The van der Waals surface area contributed by atoms with Crippen molar-refractivity contribution in [2.24, 2.45) is 0 Å². The summed E-state index contributed by atoms with van der Waals surface area (Å²) in [6.45, 7) is 1.68. The minimum absolute atomic E-state index is 0.132. The average Bonchev–Trinajstić information content (AvgIpc) is 2.43. The number of hydrogen-bond acceptors (Lipinski definition) is 4. The fourth-order valence-electron chi connectivity index (χ4n) is 1.80. The van der Waals surface area contributed by atoms with Crippen LogP contribution in [0.2, 0.25) is 0 Å². The predicted octanol–water partition coefficient (Wildman–Crippen LogP) is 2.36. The highest BCUT2D eigenvalue weighted by molar-refractivity contribution is 6.05. The molecule has 6 heteroatoms. The predicted molar refractivity (Wildman–Crippen MR) is 75.9 cm³/mol. The summed E-state index contributed by atoms with van der Waals surface area (Å²) in [5.41, 5.74) is 1.38. The van der Waals surface area contributed by atoms with Gasteiger partial charge in [0.25, 0.3) is 5.91 Å². The molecule has 108 valence electrons. The Hall–Kier alpha value is -3.02. The molecule has 6 nitrogen and oxygen atoms in total. The molecule has 0 atom stereocenters. The quantitative estimate of drug-likeness (QED) is 0.648. The van der Waals surface area contributed by atoms with Crippen LogP contribution in [0, 0.1) is 6.92 Å². The van der Waals surface area contributed by atoms with Gasteiger partial charge in [-0.25, -0.2) is 4.79 Å². The lowest BCUT2D eigenvalue weighted by molar-refractivity contribution is 0.0696. The third kappa shape index (κ3) is 3.11. The van der Waals surface area contributed by atoms with Crippen molar-refractivity contribution in [3.8, 4) is 11.5 Å². The van der Waals surface area contributed by atoms with E-state index in [0.29, 0.717) is 11.3 Å². The molecule has 0 aromatic heterocycles. The summed E-state index contributed by atoms with van der Waals surface area (Å²) >= 11 is 0. The number of nitrogens with one attached hydrogen (secondary N) is 1. The summed E-state index contributed by atoms with van der Waals surface area (Å²) in [7, 11) is 0. The van der Waals surface area contributed by atoms with Crippen LogP contribution < -0.4 is 5.32 Å². The first kappa shape index (κ1) is 14.4. The second kappa shape index (κ2) is 5.54. The number of phenolic OH excluding ortho intramolecular Hbond substituents is 2. The monoisotopic (exact) mass is 287 g/mol. The summed E-state index contributed by atoms with van der Waals surface area (Å²) < 4.78 is 0. The van der Waals surface area contributed by atoms with Crippen molar-refractivity contribution < 1.29 is 24.9 Å². The number of carboxylic acid groups (broad SMARTS) is 1. The number of hydrogen-bond donors (Lipinski definition) is 4. The summed E-state index contributed by atoms with van der Waals surface area (Å²) in [6.07, 6.45) is 0. The van der Waals surface area contributed by atoms with E-state index in [9.17, 15) is 19.8 Å². The molecule has 0 aliphatic carbocycles. The fraction of sp³-hybridized carbons (Fsp3) is 0.0667. The Kier molecular flexibility index (Phi) is 3.80. The third-order valence-electron chi connectivity index (χ3n) is 2.96. The van der Waals surface area contributed by atoms with Crippen molar-refractivity contribution in [1.29, 1.82) is 0 Å². The van der Waals surface area contributed by atoms with E-state index < -0.39 is 11.9 Å². The van der Waals surface area contributed by atoms with Gasteiger partial charge in [0.2, 0.25) is 0 Å². The highest BCUT2D eigenvalue weighted by Gasteiger charge is 2.11. The van der Waals surface area contributed by atoms with Gasteiger partial charge < -0.3 is 20.6 Å². The zero-order valence-electron chi connectivity index (χ0n) is 11.1. The second-order valence-corrected chi connectivity index (χ2v) is 4.49. The first-order valence-electron chi connectivity index (χ1n) is 6.06. The van der Waals surface area contributed by atoms with Crippen molar-refractivity contribution in [2.75, 3.05) is 5.32 Å². The second-order valence-electron chi connectivity index (χ2n) is 4.49. The molecular formula is C15H13NO5. The number of aryl methyl sites for hydroxylation is 1. The largest absolute Gasteiger partial charge is 0.504 e. The van der Waals surface area contributed by atoms with Gasteiger partial charge in [-0.05, 0) is 48.9 Å². The highest BCUT2D eigenvalue weighted by Crippen LogP contribution is 2.25. The molecule has 0 radical (unpaired) electrons. The molecule has 0 bridgehead atoms. The molecule has 0 saturated heterocycles. The van der Waals surface area contributed by atoms with Crippen LogP contribution in [0.3, 0.4) is 0 Å². The molecule has 2 rings (SSSR count). The number of aromatic carboxylic acids is 1. The number of amides is 1. The van der Waals surface area contributed by atoms with Gasteiger partial charge in [0.05, 0.1) is 5.56 Å². The van der Waals surface area contributed by atoms with E-state index in [2.05, 4.69) is 5.32 Å². The lowest BCUT2D eigenvalue weighted by Gasteiger charge is -2.09. The summed E-state index contributed by atoms with van der Waals surface area (Å²) in [6, 6.07) is 8.06. The Morgan fingerprint density at radius 3 is 2.19 bits per heavy atom. The standard InChI is InChI=1S/C15H13NO5/c1-8-6-10(15(20)21)2-4-11(8)16-14(19)9-3-5-12(17)13(18)7-9/h2-7,17-18H,1H3,(H,16,19)(H,20,21). The molecule has 1 amide bonds. The Morgan fingerprint density at radius 2 is 1.62 bits per heavy atom. The SMILES string of the molecule is Cc1cc(C(=O)O)ccc1NC(=O)c1ccc(O)c(O)c1. The molecule has 0 spiro atoms. The number of rotatable bonds is 3. The van der Waals surface area contributed by atoms with Crippen LogP contribution >= 0.6 is 0 Å².